The molecule has 116 valence electrons. The molecule has 1 aromatic carbocycles. The lowest BCUT2D eigenvalue weighted by Gasteiger charge is -2.32. The molecule has 6 heteroatoms. The Morgan fingerprint density at radius 3 is 2.43 bits per heavy atom. The smallest absolute Gasteiger partial charge is 0.239 e. The van der Waals surface area contributed by atoms with E-state index in [-0.39, 0.29) is 5.91 Å². The number of benzene rings is 1. The molecule has 1 fully saturated rings. The van der Waals surface area contributed by atoms with Gasteiger partial charge in [-0.15, -0.1) is 0 Å². The van der Waals surface area contributed by atoms with Crippen molar-refractivity contribution in [3.63, 3.8) is 0 Å². The second-order valence-corrected chi connectivity index (χ2v) is 6.35. The van der Waals surface area contributed by atoms with Gasteiger partial charge in [0, 0.05) is 23.1 Å². The molecule has 4 nitrogen and oxygen atoms in total. The Kier molecular flexibility index (Phi) is 5.73. The molecule has 0 unspecified atom stereocenters. The van der Waals surface area contributed by atoms with E-state index in [0.717, 1.165) is 25.9 Å². The number of nitrogens with zero attached hydrogens (tertiary/aromatic N) is 1. The minimum atomic E-state index is -0.425. The van der Waals surface area contributed by atoms with Crippen LogP contribution < -0.4 is 10.5 Å². The van der Waals surface area contributed by atoms with Crippen LogP contribution in [0.25, 0.3) is 0 Å². The second-order valence-electron chi connectivity index (χ2n) is 5.47. The van der Waals surface area contributed by atoms with Crippen molar-refractivity contribution in [2.24, 2.45) is 11.7 Å². The van der Waals surface area contributed by atoms with Crippen molar-refractivity contribution in [3.8, 4) is 5.75 Å². The van der Waals surface area contributed by atoms with Crippen LogP contribution in [0.5, 0.6) is 5.75 Å². The summed E-state index contributed by atoms with van der Waals surface area (Å²) in [5.74, 6) is 1.14. The Bertz CT molecular complexity index is 480. The minimum absolute atomic E-state index is 0.0241. The zero-order valence-corrected chi connectivity index (χ0v) is 13.5. The van der Waals surface area contributed by atoms with Crippen LogP contribution >= 0.6 is 23.2 Å². The molecule has 1 saturated heterocycles. The van der Waals surface area contributed by atoms with Crippen molar-refractivity contribution in [1.82, 2.24) is 4.90 Å². The largest absolute Gasteiger partial charge is 0.493 e. The molecule has 1 aliphatic heterocycles. The molecule has 0 aliphatic carbocycles. The SMILES string of the molecule is C[C@H](N)C(=O)N1CCC(COc2cc(Cl)cc(Cl)c2)CC1. The second kappa shape index (κ2) is 7.34. The van der Waals surface area contributed by atoms with Gasteiger partial charge in [-0.25, -0.2) is 0 Å². The van der Waals surface area contributed by atoms with Gasteiger partial charge in [0.15, 0.2) is 0 Å². The third-order valence-corrected chi connectivity index (χ3v) is 4.07. The number of carbonyl (C=O) groups excluding carboxylic acids is 1. The molecule has 0 radical (unpaired) electrons. The third-order valence-electron chi connectivity index (χ3n) is 3.64. The Morgan fingerprint density at radius 1 is 1.33 bits per heavy atom. The summed E-state index contributed by atoms with van der Waals surface area (Å²) < 4.78 is 5.75. The molecule has 1 amide bonds. The summed E-state index contributed by atoms with van der Waals surface area (Å²) in [7, 11) is 0. The first kappa shape index (κ1) is 16.4. The summed E-state index contributed by atoms with van der Waals surface area (Å²) in [6.45, 7) is 3.81. The van der Waals surface area contributed by atoms with Crippen LogP contribution in [0.15, 0.2) is 18.2 Å². The van der Waals surface area contributed by atoms with E-state index in [1.54, 1.807) is 25.1 Å². The van der Waals surface area contributed by atoms with E-state index in [9.17, 15) is 4.79 Å². The molecule has 1 atom stereocenters. The van der Waals surface area contributed by atoms with E-state index in [2.05, 4.69) is 0 Å². The minimum Gasteiger partial charge on any atom is -0.493 e. The number of ether oxygens (including phenoxy) is 1. The zero-order chi connectivity index (χ0) is 15.4. The Balaban J connectivity index is 1.80. The van der Waals surface area contributed by atoms with Gasteiger partial charge < -0.3 is 15.4 Å². The summed E-state index contributed by atoms with van der Waals surface area (Å²) in [6.07, 6.45) is 1.85. The van der Waals surface area contributed by atoms with Crippen molar-refractivity contribution in [2.75, 3.05) is 19.7 Å². The molecule has 0 bridgehead atoms. The third kappa shape index (κ3) is 4.77. The summed E-state index contributed by atoms with van der Waals surface area (Å²) in [4.78, 5) is 13.6. The van der Waals surface area contributed by atoms with Crippen LogP contribution in [0.2, 0.25) is 10.0 Å². The van der Waals surface area contributed by atoms with Crippen LogP contribution in [0.4, 0.5) is 0 Å². The topological polar surface area (TPSA) is 55.6 Å². The van der Waals surface area contributed by atoms with E-state index < -0.39 is 6.04 Å². The molecule has 1 aromatic rings. The highest BCUT2D eigenvalue weighted by atomic mass is 35.5. The Morgan fingerprint density at radius 2 is 1.90 bits per heavy atom. The standard InChI is InChI=1S/C15H20Cl2N2O2/c1-10(18)15(20)19-4-2-11(3-5-19)9-21-14-7-12(16)6-13(17)8-14/h6-8,10-11H,2-5,9,18H2,1H3/t10-/m0/s1. The van der Waals surface area contributed by atoms with Crippen LogP contribution in [0.3, 0.4) is 0 Å². The zero-order valence-electron chi connectivity index (χ0n) is 12.0. The average Bonchev–Trinajstić information content (AvgIpc) is 2.44. The van der Waals surface area contributed by atoms with Gasteiger partial charge in [-0.1, -0.05) is 23.2 Å². The molecule has 0 spiro atoms. The highest BCUT2D eigenvalue weighted by Gasteiger charge is 2.24. The van der Waals surface area contributed by atoms with E-state index >= 15 is 0 Å². The highest BCUT2D eigenvalue weighted by Crippen LogP contribution is 2.26. The molecule has 0 saturated carbocycles. The Labute approximate surface area is 135 Å². The fourth-order valence-electron chi connectivity index (χ4n) is 2.43. The van der Waals surface area contributed by atoms with Gasteiger partial charge >= 0.3 is 0 Å². The summed E-state index contributed by atoms with van der Waals surface area (Å²) in [5.41, 5.74) is 5.62. The monoisotopic (exact) mass is 330 g/mol. The van der Waals surface area contributed by atoms with Crippen LogP contribution in [-0.4, -0.2) is 36.5 Å². The summed E-state index contributed by atoms with van der Waals surface area (Å²) in [6, 6.07) is 4.75. The fourth-order valence-corrected chi connectivity index (χ4v) is 2.94. The first-order valence-electron chi connectivity index (χ1n) is 7.09. The normalized spacial score (nSPS) is 17.6. The number of piperidine rings is 1. The maximum Gasteiger partial charge on any atom is 0.239 e. The van der Waals surface area contributed by atoms with Crippen molar-refractivity contribution < 1.29 is 9.53 Å². The lowest BCUT2D eigenvalue weighted by atomic mass is 9.97. The number of amides is 1. The first-order valence-corrected chi connectivity index (χ1v) is 7.84. The lowest BCUT2D eigenvalue weighted by Crippen LogP contribution is -2.46. The molecule has 1 heterocycles. The van der Waals surface area contributed by atoms with Crippen LogP contribution in [-0.2, 0) is 4.79 Å². The van der Waals surface area contributed by atoms with Gasteiger partial charge in [-0.2, -0.15) is 0 Å². The quantitative estimate of drug-likeness (QED) is 0.923. The van der Waals surface area contributed by atoms with Crippen LogP contribution in [0.1, 0.15) is 19.8 Å². The van der Waals surface area contributed by atoms with Gasteiger partial charge in [0.2, 0.25) is 5.91 Å². The van der Waals surface area contributed by atoms with Crippen molar-refractivity contribution >= 4 is 29.1 Å². The molecule has 0 aromatic heterocycles. The predicted molar refractivity (Wildman–Crippen MR) is 84.9 cm³/mol. The molecular formula is C15H20Cl2N2O2. The van der Waals surface area contributed by atoms with Crippen LogP contribution in [0, 0.1) is 5.92 Å². The number of rotatable bonds is 4. The summed E-state index contributed by atoms with van der Waals surface area (Å²) in [5, 5.41) is 1.13. The van der Waals surface area contributed by atoms with E-state index in [1.165, 1.54) is 0 Å². The van der Waals surface area contributed by atoms with Crippen molar-refractivity contribution in [2.45, 2.75) is 25.8 Å². The van der Waals surface area contributed by atoms with Gasteiger partial charge in [-0.3, -0.25) is 4.79 Å². The number of hydrogen-bond donors (Lipinski definition) is 1. The molecule has 2 rings (SSSR count). The average molecular weight is 331 g/mol. The number of nitrogens with two attached hydrogens (primary N) is 1. The number of hydrogen-bond acceptors (Lipinski definition) is 3. The van der Waals surface area contributed by atoms with Crippen molar-refractivity contribution in [1.29, 1.82) is 0 Å². The van der Waals surface area contributed by atoms with E-state index in [1.807, 2.05) is 4.90 Å². The van der Waals surface area contributed by atoms with Gasteiger partial charge in [0.25, 0.3) is 0 Å². The molecular weight excluding hydrogens is 311 g/mol. The number of likely N-dealkylation sites (tertiary alicyclic amines) is 1. The van der Waals surface area contributed by atoms with Gasteiger partial charge in [-0.05, 0) is 43.9 Å². The number of carbonyl (C=O) groups is 1. The van der Waals surface area contributed by atoms with E-state index in [4.69, 9.17) is 33.7 Å². The van der Waals surface area contributed by atoms with E-state index in [0.29, 0.717) is 28.3 Å². The first-order chi connectivity index (χ1) is 9.95. The predicted octanol–water partition coefficient (Wildman–Crippen LogP) is 2.96. The lowest BCUT2D eigenvalue weighted by molar-refractivity contribution is -0.133. The molecule has 2 N–H and O–H groups in total. The number of halogens is 2. The molecule has 21 heavy (non-hydrogen) atoms. The fraction of sp³-hybridized carbons (Fsp3) is 0.533. The van der Waals surface area contributed by atoms with Crippen molar-refractivity contribution in [3.05, 3.63) is 28.2 Å². The van der Waals surface area contributed by atoms with Gasteiger partial charge in [0.05, 0.1) is 12.6 Å². The summed E-state index contributed by atoms with van der Waals surface area (Å²) >= 11 is 11.9. The van der Waals surface area contributed by atoms with Gasteiger partial charge in [0.1, 0.15) is 5.75 Å². The Hall–Kier alpha value is -0.970. The molecule has 1 aliphatic rings. The highest BCUT2D eigenvalue weighted by molar-refractivity contribution is 6.34. The maximum absolute atomic E-state index is 11.8. The maximum atomic E-state index is 11.8.